The van der Waals surface area contributed by atoms with Crippen molar-refractivity contribution >= 4 is 23.6 Å². The van der Waals surface area contributed by atoms with Crippen LogP contribution in [0.5, 0.6) is 0 Å². The minimum atomic E-state index is -4.58. The smallest absolute Gasteiger partial charge is 0.348 e. The Morgan fingerprint density at radius 2 is 2.00 bits per heavy atom. The van der Waals surface area contributed by atoms with Crippen LogP contribution in [-0.2, 0) is 9.59 Å². The third-order valence-corrected chi connectivity index (χ3v) is 5.59. The standard InChI is InChI=1S/C18H22F4N4O2S/c1-26(2)17-23-12(8-14(27)24-17)16(28)25-15(9-3-4-9)10-5-6-13(11(19)7-10)29-18(20,21)22/h5-7,9,12,15,17,23H,3-4,8H2,1-2H3,(H,24,27)(H,25,28)/t12?,15-,17?/m1/s1. The van der Waals surface area contributed by atoms with Crippen molar-refractivity contribution in [3.05, 3.63) is 29.6 Å². The Morgan fingerprint density at radius 3 is 2.55 bits per heavy atom. The van der Waals surface area contributed by atoms with E-state index in [0.29, 0.717) is 5.56 Å². The van der Waals surface area contributed by atoms with E-state index >= 15 is 0 Å². The molecule has 1 aliphatic heterocycles. The highest BCUT2D eigenvalue weighted by Crippen LogP contribution is 2.43. The molecule has 160 valence electrons. The number of thioether (sulfide) groups is 1. The average Bonchev–Trinajstić information content (AvgIpc) is 3.44. The summed E-state index contributed by atoms with van der Waals surface area (Å²) in [6.45, 7) is 0. The first kappa shape index (κ1) is 21.8. The Kier molecular flexibility index (Phi) is 6.39. The van der Waals surface area contributed by atoms with Gasteiger partial charge in [-0.3, -0.25) is 19.8 Å². The van der Waals surface area contributed by atoms with E-state index in [1.54, 1.807) is 19.0 Å². The van der Waals surface area contributed by atoms with E-state index in [1.807, 2.05) is 0 Å². The Bertz CT molecular complexity index is 786. The van der Waals surface area contributed by atoms with E-state index in [4.69, 9.17) is 0 Å². The summed E-state index contributed by atoms with van der Waals surface area (Å²) in [5.41, 5.74) is -4.17. The fourth-order valence-electron chi connectivity index (χ4n) is 3.21. The van der Waals surface area contributed by atoms with Crippen molar-refractivity contribution in [3.63, 3.8) is 0 Å². The third kappa shape index (κ3) is 5.83. The number of rotatable bonds is 6. The molecule has 1 saturated heterocycles. The number of hydrogen-bond acceptors (Lipinski definition) is 5. The van der Waals surface area contributed by atoms with Crippen LogP contribution in [0, 0.1) is 11.7 Å². The highest BCUT2D eigenvalue weighted by Gasteiger charge is 2.38. The van der Waals surface area contributed by atoms with E-state index in [0.717, 1.165) is 25.0 Å². The normalized spacial score (nSPS) is 23.6. The minimum Gasteiger partial charge on any atom is -0.348 e. The zero-order valence-corrected chi connectivity index (χ0v) is 16.7. The second kappa shape index (κ2) is 8.49. The van der Waals surface area contributed by atoms with E-state index in [2.05, 4.69) is 16.0 Å². The summed E-state index contributed by atoms with van der Waals surface area (Å²) >= 11 is -0.510. The predicted octanol–water partition coefficient (Wildman–Crippen LogP) is 2.33. The molecular formula is C18H22F4N4O2S. The summed E-state index contributed by atoms with van der Waals surface area (Å²) in [7, 11) is 3.49. The second-order valence-electron chi connectivity index (χ2n) is 7.42. The molecule has 3 N–H and O–H groups in total. The van der Waals surface area contributed by atoms with E-state index in [1.165, 1.54) is 6.07 Å². The van der Waals surface area contributed by atoms with Crippen molar-refractivity contribution in [2.45, 2.75) is 48.0 Å². The predicted molar refractivity (Wildman–Crippen MR) is 99.1 cm³/mol. The van der Waals surface area contributed by atoms with Gasteiger partial charge in [-0.25, -0.2) is 4.39 Å². The summed E-state index contributed by atoms with van der Waals surface area (Å²) < 4.78 is 51.7. The summed E-state index contributed by atoms with van der Waals surface area (Å²) in [5, 5.41) is 8.57. The SMILES string of the molecule is CN(C)C1NC(=O)CC(C(=O)N[C@@H](c2ccc(SC(F)(F)F)c(F)c2)C2CC2)N1. The molecule has 6 nitrogen and oxygen atoms in total. The van der Waals surface area contributed by atoms with Crippen LogP contribution in [0.1, 0.15) is 30.9 Å². The van der Waals surface area contributed by atoms with E-state index in [9.17, 15) is 27.2 Å². The van der Waals surface area contributed by atoms with Gasteiger partial charge in [0, 0.05) is 0 Å². The Hall–Kier alpha value is -1.85. The first-order valence-corrected chi connectivity index (χ1v) is 9.92. The van der Waals surface area contributed by atoms with Crippen LogP contribution in [0.4, 0.5) is 17.6 Å². The molecule has 1 saturated carbocycles. The number of carbonyl (C=O) groups excluding carboxylic acids is 2. The quantitative estimate of drug-likeness (QED) is 0.474. The van der Waals surface area contributed by atoms with Gasteiger partial charge >= 0.3 is 5.51 Å². The molecule has 2 unspecified atom stereocenters. The number of amides is 2. The molecule has 1 aromatic carbocycles. The molecule has 3 rings (SSSR count). The molecule has 2 amide bonds. The lowest BCUT2D eigenvalue weighted by Crippen LogP contribution is -2.65. The number of nitrogens with zero attached hydrogens (tertiary/aromatic N) is 1. The maximum Gasteiger partial charge on any atom is 0.446 e. The Morgan fingerprint density at radius 1 is 1.31 bits per heavy atom. The lowest BCUT2D eigenvalue weighted by molar-refractivity contribution is -0.134. The van der Waals surface area contributed by atoms with Crippen molar-refractivity contribution in [1.29, 1.82) is 0 Å². The van der Waals surface area contributed by atoms with Crippen molar-refractivity contribution in [2.24, 2.45) is 5.92 Å². The number of benzene rings is 1. The van der Waals surface area contributed by atoms with Crippen LogP contribution in [0.2, 0.25) is 0 Å². The average molecular weight is 434 g/mol. The van der Waals surface area contributed by atoms with Crippen molar-refractivity contribution in [2.75, 3.05) is 14.1 Å². The largest absolute Gasteiger partial charge is 0.446 e. The summed E-state index contributed by atoms with van der Waals surface area (Å²) in [5.74, 6) is -1.57. The Labute approximate surface area is 169 Å². The summed E-state index contributed by atoms with van der Waals surface area (Å²) in [6.07, 6.45) is 1.11. The molecule has 1 aliphatic carbocycles. The minimum absolute atomic E-state index is 0.0386. The fourth-order valence-corrected chi connectivity index (χ4v) is 3.75. The van der Waals surface area contributed by atoms with Gasteiger partial charge in [-0.1, -0.05) is 6.07 Å². The molecular weight excluding hydrogens is 412 g/mol. The molecule has 11 heteroatoms. The van der Waals surface area contributed by atoms with Crippen LogP contribution in [0.3, 0.4) is 0 Å². The molecule has 0 bridgehead atoms. The highest BCUT2D eigenvalue weighted by atomic mass is 32.2. The van der Waals surface area contributed by atoms with Gasteiger partial charge in [0.1, 0.15) is 12.1 Å². The van der Waals surface area contributed by atoms with Gasteiger partial charge in [0.15, 0.2) is 0 Å². The number of halogens is 4. The molecule has 3 atom stereocenters. The molecule has 2 aliphatic rings. The molecule has 1 aromatic rings. The number of alkyl halides is 3. The van der Waals surface area contributed by atoms with E-state index in [-0.39, 0.29) is 18.2 Å². The van der Waals surface area contributed by atoms with E-state index < -0.39 is 52.3 Å². The van der Waals surface area contributed by atoms with Crippen LogP contribution in [0.15, 0.2) is 23.1 Å². The summed E-state index contributed by atoms with van der Waals surface area (Å²) in [6, 6.07) is 2.25. The van der Waals surface area contributed by atoms with Crippen LogP contribution in [0.25, 0.3) is 0 Å². The van der Waals surface area contributed by atoms with Gasteiger partial charge < -0.3 is 10.6 Å². The first-order chi connectivity index (χ1) is 13.5. The van der Waals surface area contributed by atoms with Gasteiger partial charge in [0.05, 0.1) is 23.4 Å². The van der Waals surface area contributed by atoms with Crippen LogP contribution in [-0.4, -0.2) is 48.6 Å². The maximum absolute atomic E-state index is 14.2. The molecule has 2 fully saturated rings. The van der Waals surface area contributed by atoms with Gasteiger partial charge in [0.2, 0.25) is 11.8 Å². The molecule has 0 radical (unpaired) electrons. The van der Waals surface area contributed by atoms with Crippen molar-refractivity contribution in [1.82, 2.24) is 20.9 Å². The van der Waals surface area contributed by atoms with Crippen molar-refractivity contribution < 1.29 is 27.2 Å². The molecule has 29 heavy (non-hydrogen) atoms. The maximum atomic E-state index is 14.2. The monoisotopic (exact) mass is 434 g/mol. The zero-order chi connectivity index (χ0) is 21.3. The Balaban J connectivity index is 1.73. The van der Waals surface area contributed by atoms with Crippen LogP contribution >= 0.6 is 11.8 Å². The lowest BCUT2D eigenvalue weighted by atomic mass is 10.0. The van der Waals surface area contributed by atoms with Crippen LogP contribution < -0.4 is 16.0 Å². The number of hydrogen-bond donors (Lipinski definition) is 3. The molecule has 0 aromatic heterocycles. The lowest BCUT2D eigenvalue weighted by Gasteiger charge is -2.35. The fraction of sp³-hybridized carbons (Fsp3) is 0.556. The zero-order valence-electron chi connectivity index (χ0n) is 15.8. The third-order valence-electron chi connectivity index (χ3n) is 4.81. The van der Waals surface area contributed by atoms with Gasteiger partial charge in [-0.05, 0) is 62.3 Å². The van der Waals surface area contributed by atoms with Gasteiger partial charge in [-0.15, -0.1) is 0 Å². The summed E-state index contributed by atoms with van der Waals surface area (Å²) in [4.78, 5) is 25.8. The first-order valence-electron chi connectivity index (χ1n) is 9.11. The second-order valence-corrected chi connectivity index (χ2v) is 8.53. The molecule has 0 spiro atoms. The topological polar surface area (TPSA) is 73.5 Å². The number of nitrogens with one attached hydrogen (secondary N) is 3. The van der Waals surface area contributed by atoms with Gasteiger partial charge in [-0.2, -0.15) is 13.2 Å². The highest BCUT2D eigenvalue weighted by molar-refractivity contribution is 8.00. The number of carbonyl (C=O) groups is 2. The molecule has 1 heterocycles. The van der Waals surface area contributed by atoms with Crippen molar-refractivity contribution in [3.8, 4) is 0 Å². The van der Waals surface area contributed by atoms with Gasteiger partial charge in [0.25, 0.3) is 0 Å².